The van der Waals surface area contributed by atoms with Gasteiger partial charge in [0.1, 0.15) is 6.61 Å². The van der Waals surface area contributed by atoms with Crippen molar-refractivity contribution < 1.29 is 4.74 Å². The minimum atomic E-state index is 0.538. The average molecular weight is 261 g/mol. The first-order chi connectivity index (χ1) is 9.35. The summed E-state index contributed by atoms with van der Waals surface area (Å²) >= 11 is 0. The highest BCUT2D eigenvalue weighted by Gasteiger charge is 2.24. The fourth-order valence-electron chi connectivity index (χ4n) is 2.68. The zero-order valence-corrected chi connectivity index (χ0v) is 11.7. The largest absolute Gasteiger partial charge is 0.374 e. The van der Waals surface area contributed by atoms with E-state index < -0.39 is 0 Å². The first-order valence-electron chi connectivity index (χ1n) is 7.50. The molecule has 1 N–H and O–H groups in total. The van der Waals surface area contributed by atoms with Crippen LogP contribution in [0.25, 0.3) is 0 Å². The SMILES string of the molecule is CCOCc1ncc2c(n1)CCC(CNC1CC1)C2. The van der Waals surface area contributed by atoms with Crippen LogP contribution in [0.15, 0.2) is 6.20 Å². The van der Waals surface area contributed by atoms with Gasteiger partial charge in [-0.2, -0.15) is 0 Å². The summed E-state index contributed by atoms with van der Waals surface area (Å²) in [4.78, 5) is 9.05. The Labute approximate surface area is 115 Å². The molecule has 3 rings (SSSR count). The number of aryl methyl sites for hydroxylation is 1. The lowest BCUT2D eigenvalue weighted by atomic mass is 9.87. The van der Waals surface area contributed by atoms with Gasteiger partial charge in [0.25, 0.3) is 0 Å². The molecular formula is C15H23N3O. The average Bonchev–Trinajstić information content (AvgIpc) is 3.26. The van der Waals surface area contributed by atoms with Crippen molar-refractivity contribution in [3.05, 3.63) is 23.3 Å². The normalized spacial score (nSPS) is 22.3. The van der Waals surface area contributed by atoms with Crippen LogP contribution in [-0.4, -0.2) is 29.2 Å². The first kappa shape index (κ1) is 13.0. The van der Waals surface area contributed by atoms with Crippen molar-refractivity contribution in [1.82, 2.24) is 15.3 Å². The molecule has 0 aromatic carbocycles. The van der Waals surface area contributed by atoms with E-state index in [0.29, 0.717) is 6.61 Å². The van der Waals surface area contributed by atoms with Crippen LogP contribution in [0.3, 0.4) is 0 Å². The maximum atomic E-state index is 5.37. The monoisotopic (exact) mass is 261 g/mol. The second kappa shape index (κ2) is 5.97. The number of hydrogen-bond donors (Lipinski definition) is 1. The molecule has 1 heterocycles. The predicted octanol–water partition coefficient (Wildman–Crippen LogP) is 1.87. The third-order valence-corrected chi connectivity index (χ3v) is 4.01. The lowest BCUT2D eigenvalue weighted by Crippen LogP contribution is -2.29. The summed E-state index contributed by atoms with van der Waals surface area (Å²) in [5.74, 6) is 1.59. The number of ether oxygens (including phenoxy) is 1. The molecule has 1 fully saturated rings. The van der Waals surface area contributed by atoms with Gasteiger partial charge in [0, 0.05) is 24.5 Å². The molecule has 0 saturated heterocycles. The van der Waals surface area contributed by atoms with Crippen LogP contribution in [-0.2, 0) is 24.2 Å². The summed E-state index contributed by atoms with van der Waals surface area (Å²) in [5, 5.41) is 3.64. The number of hydrogen-bond acceptors (Lipinski definition) is 4. The fraction of sp³-hybridized carbons (Fsp3) is 0.733. The lowest BCUT2D eigenvalue weighted by molar-refractivity contribution is 0.128. The maximum Gasteiger partial charge on any atom is 0.154 e. The summed E-state index contributed by atoms with van der Waals surface area (Å²) in [6.07, 6.45) is 8.22. The molecule has 104 valence electrons. The van der Waals surface area contributed by atoms with E-state index in [1.807, 2.05) is 13.1 Å². The van der Waals surface area contributed by atoms with Gasteiger partial charge in [-0.15, -0.1) is 0 Å². The van der Waals surface area contributed by atoms with Crippen molar-refractivity contribution in [1.29, 1.82) is 0 Å². The van der Waals surface area contributed by atoms with E-state index in [-0.39, 0.29) is 0 Å². The van der Waals surface area contributed by atoms with Crippen LogP contribution in [0.4, 0.5) is 0 Å². The highest BCUT2D eigenvalue weighted by atomic mass is 16.5. The van der Waals surface area contributed by atoms with E-state index >= 15 is 0 Å². The minimum Gasteiger partial charge on any atom is -0.374 e. The van der Waals surface area contributed by atoms with Crippen molar-refractivity contribution in [2.75, 3.05) is 13.2 Å². The molecule has 1 saturated carbocycles. The quantitative estimate of drug-likeness (QED) is 0.849. The molecule has 0 radical (unpaired) electrons. The second-order valence-electron chi connectivity index (χ2n) is 5.69. The van der Waals surface area contributed by atoms with Crippen LogP contribution >= 0.6 is 0 Å². The van der Waals surface area contributed by atoms with E-state index in [2.05, 4.69) is 15.3 Å². The topological polar surface area (TPSA) is 47.0 Å². The van der Waals surface area contributed by atoms with E-state index in [1.165, 1.54) is 30.5 Å². The Kier molecular flexibility index (Phi) is 4.09. The van der Waals surface area contributed by atoms with Crippen molar-refractivity contribution in [2.45, 2.75) is 51.7 Å². The molecule has 1 atom stereocenters. The van der Waals surface area contributed by atoms with Gasteiger partial charge in [-0.3, -0.25) is 0 Å². The van der Waals surface area contributed by atoms with Crippen LogP contribution in [0.1, 0.15) is 43.3 Å². The smallest absolute Gasteiger partial charge is 0.154 e. The Bertz CT molecular complexity index is 431. The van der Waals surface area contributed by atoms with E-state index in [1.54, 1.807) is 0 Å². The van der Waals surface area contributed by atoms with Gasteiger partial charge in [-0.25, -0.2) is 9.97 Å². The van der Waals surface area contributed by atoms with Gasteiger partial charge in [-0.1, -0.05) is 0 Å². The summed E-state index contributed by atoms with van der Waals surface area (Å²) in [7, 11) is 0. The second-order valence-corrected chi connectivity index (χ2v) is 5.69. The van der Waals surface area contributed by atoms with Crippen molar-refractivity contribution in [3.63, 3.8) is 0 Å². The molecule has 1 aromatic rings. The third kappa shape index (κ3) is 3.51. The summed E-state index contributed by atoms with van der Waals surface area (Å²) in [6.45, 7) is 4.41. The van der Waals surface area contributed by atoms with Gasteiger partial charge >= 0.3 is 0 Å². The van der Waals surface area contributed by atoms with Gasteiger partial charge in [-0.05, 0) is 57.1 Å². The molecule has 0 amide bonds. The van der Waals surface area contributed by atoms with E-state index in [0.717, 1.165) is 43.8 Å². The molecule has 2 aliphatic carbocycles. The van der Waals surface area contributed by atoms with Crippen LogP contribution in [0.2, 0.25) is 0 Å². The van der Waals surface area contributed by atoms with Gasteiger partial charge in [0.2, 0.25) is 0 Å². The summed E-state index contributed by atoms with van der Waals surface area (Å²) < 4.78 is 5.37. The Morgan fingerprint density at radius 3 is 3.05 bits per heavy atom. The standard InChI is InChI=1S/C15H23N3O/c1-2-19-10-15-17-9-12-7-11(3-6-14(12)18-15)8-16-13-4-5-13/h9,11,13,16H,2-8,10H2,1H3. The highest BCUT2D eigenvalue weighted by Crippen LogP contribution is 2.25. The molecule has 0 spiro atoms. The number of nitrogens with one attached hydrogen (secondary N) is 1. The molecule has 4 heteroatoms. The Hall–Kier alpha value is -1.00. The van der Waals surface area contributed by atoms with E-state index in [9.17, 15) is 0 Å². The van der Waals surface area contributed by atoms with Gasteiger partial charge in [0.05, 0.1) is 0 Å². The maximum absolute atomic E-state index is 5.37. The van der Waals surface area contributed by atoms with Crippen molar-refractivity contribution in [2.24, 2.45) is 5.92 Å². The number of rotatable bonds is 6. The summed E-state index contributed by atoms with van der Waals surface area (Å²) in [6, 6.07) is 0.811. The molecular weight excluding hydrogens is 238 g/mol. The fourth-order valence-corrected chi connectivity index (χ4v) is 2.68. The Balaban J connectivity index is 1.57. The Morgan fingerprint density at radius 2 is 2.26 bits per heavy atom. The van der Waals surface area contributed by atoms with Gasteiger partial charge in [0.15, 0.2) is 5.82 Å². The van der Waals surface area contributed by atoms with Crippen LogP contribution < -0.4 is 5.32 Å². The number of aromatic nitrogens is 2. The van der Waals surface area contributed by atoms with Crippen LogP contribution in [0.5, 0.6) is 0 Å². The number of nitrogens with zero attached hydrogens (tertiary/aromatic N) is 2. The molecule has 0 aliphatic heterocycles. The Morgan fingerprint density at radius 1 is 1.37 bits per heavy atom. The molecule has 1 aromatic heterocycles. The molecule has 19 heavy (non-hydrogen) atoms. The number of fused-ring (bicyclic) bond motifs is 1. The molecule has 2 aliphatic rings. The van der Waals surface area contributed by atoms with Gasteiger partial charge < -0.3 is 10.1 Å². The third-order valence-electron chi connectivity index (χ3n) is 4.01. The van der Waals surface area contributed by atoms with Crippen molar-refractivity contribution >= 4 is 0 Å². The van der Waals surface area contributed by atoms with E-state index in [4.69, 9.17) is 4.74 Å². The van der Waals surface area contributed by atoms with Crippen molar-refractivity contribution in [3.8, 4) is 0 Å². The molecule has 1 unspecified atom stereocenters. The summed E-state index contributed by atoms with van der Waals surface area (Å²) in [5.41, 5.74) is 2.58. The zero-order chi connectivity index (χ0) is 13.1. The predicted molar refractivity (Wildman–Crippen MR) is 73.9 cm³/mol. The highest BCUT2D eigenvalue weighted by molar-refractivity contribution is 5.21. The molecule has 4 nitrogen and oxygen atoms in total. The first-order valence-corrected chi connectivity index (χ1v) is 7.50. The zero-order valence-electron chi connectivity index (χ0n) is 11.7. The lowest BCUT2D eigenvalue weighted by Gasteiger charge is -2.24. The minimum absolute atomic E-state index is 0.538. The molecule has 0 bridgehead atoms. The van der Waals surface area contributed by atoms with Crippen LogP contribution in [0, 0.1) is 5.92 Å².